The smallest absolute Gasteiger partial charge is 0.422 e. The van der Waals surface area contributed by atoms with Gasteiger partial charge in [-0.25, -0.2) is 13.5 Å². The number of amides is 1. The van der Waals surface area contributed by atoms with Crippen molar-refractivity contribution in [2.24, 2.45) is 0 Å². The van der Waals surface area contributed by atoms with Crippen LogP contribution >= 0.6 is 0 Å². The standard InChI is InChI=1S/C23H21F5N4O5/c1-14(22(36,12-31-9-8-29-30-31)18-7-4-16(24)10-19(18)25)32(11-20(33)34)21(35)15-2-5-17(6-3-15)37-13-23(26,27)28/h2-10,14,36H,11-13H2,1H3,(H,33,34). The first-order valence-electron chi connectivity index (χ1n) is 10.6. The Morgan fingerprint density at radius 1 is 1.14 bits per heavy atom. The van der Waals surface area contributed by atoms with Crippen LogP contribution in [0.4, 0.5) is 22.0 Å². The highest BCUT2D eigenvalue weighted by molar-refractivity contribution is 5.96. The van der Waals surface area contributed by atoms with E-state index in [0.29, 0.717) is 6.07 Å². The number of nitrogens with zero attached hydrogens (tertiary/aromatic N) is 4. The summed E-state index contributed by atoms with van der Waals surface area (Å²) in [7, 11) is 0. The SMILES string of the molecule is CC(N(CC(=O)O)C(=O)c1ccc(OCC(F)(F)F)cc1)C(O)(Cn1ccnn1)c1ccc(F)cc1F. The fraction of sp³-hybridized carbons (Fsp3) is 0.304. The lowest BCUT2D eigenvalue weighted by atomic mass is 9.85. The Hall–Kier alpha value is -4.07. The van der Waals surface area contributed by atoms with Crippen molar-refractivity contribution in [3.63, 3.8) is 0 Å². The summed E-state index contributed by atoms with van der Waals surface area (Å²) in [4.78, 5) is 25.7. The van der Waals surface area contributed by atoms with Crippen LogP contribution in [0.3, 0.4) is 0 Å². The predicted molar refractivity (Wildman–Crippen MR) is 116 cm³/mol. The highest BCUT2D eigenvalue weighted by atomic mass is 19.4. The third-order valence-corrected chi connectivity index (χ3v) is 5.50. The van der Waals surface area contributed by atoms with Crippen LogP contribution in [0.5, 0.6) is 5.75 Å². The molecule has 0 aliphatic carbocycles. The number of aromatic nitrogens is 3. The lowest BCUT2D eigenvalue weighted by molar-refractivity contribution is -0.153. The van der Waals surface area contributed by atoms with Crippen LogP contribution in [-0.2, 0) is 16.9 Å². The van der Waals surface area contributed by atoms with Gasteiger partial charge in [-0.2, -0.15) is 13.2 Å². The fourth-order valence-electron chi connectivity index (χ4n) is 3.66. The van der Waals surface area contributed by atoms with Gasteiger partial charge in [0.2, 0.25) is 0 Å². The number of rotatable bonds is 10. The molecular formula is C23H21F5N4O5. The summed E-state index contributed by atoms with van der Waals surface area (Å²) in [6.07, 6.45) is -1.97. The Morgan fingerprint density at radius 3 is 2.35 bits per heavy atom. The number of carbonyl (C=O) groups is 2. The number of hydrogen-bond acceptors (Lipinski definition) is 6. The summed E-state index contributed by atoms with van der Waals surface area (Å²) in [6, 6.07) is 5.34. The number of alkyl halides is 3. The van der Waals surface area contributed by atoms with E-state index in [1.807, 2.05) is 0 Å². The van der Waals surface area contributed by atoms with Gasteiger partial charge in [0, 0.05) is 23.4 Å². The molecule has 0 aliphatic heterocycles. The Kier molecular flexibility index (Phi) is 8.11. The quantitative estimate of drug-likeness (QED) is 0.389. The minimum absolute atomic E-state index is 0.143. The van der Waals surface area contributed by atoms with Crippen LogP contribution in [0.1, 0.15) is 22.8 Å². The second-order valence-electron chi connectivity index (χ2n) is 8.08. The van der Waals surface area contributed by atoms with Crippen molar-refractivity contribution in [2.75, 3.05) is 13.2 Å². The highest BCUT2D eigenvalue weighted by Gasteiger charge is 2.44. The molecule has 0 fully saturated rings. The molecule has 2 N–H and O–H groups in total. The molecule has 0 saturated carbocycles. The molecule has 1 amide bonds. The Morgan fingerprint density at radius 2 is 1.81 bits per heavy atom. The molecule has 0 bridgehead atoms. The summed E-state index contributed by atoms with van der Waals surface area (Å²) in [5.74, 6) is -4.67. The second-order valence-corrected chi connectivity index (χ2v) is 8.08. The molecule has 2 atom stereocenters. The molecule has 3 rings (SSSR count). The van der Waals surface area contributed by atoms with E-state index in [0.717, 1.165) is 46.0 Å². The van der Waals surface area contributed by atoms with E-state index < -0.39 is 66.6 Å². The molecule has 1 heterocycles. The van der Waals surface area contributed by atoms with Gasteiger partial charge < -0.3 is 19.8 Å². The van der Waals surface area contributed by atoms with Crippen molar-refractivity contribution in [3.05, 3.63) is 77.6 Å². The molecule has 14 heteroatoms. The van der Waals surface area contributed by atoms with Gasteiger partial charge in [-0.1, -0.05) is 11.3 Å². The molecular weight excluding hydrogens is 507 g/mol. The zero-order chi connectivity index (χ0) is 27.4. The number of carboxylic acid groups (broad SMARTS) is 1. The minimum atomic E-state index is -4.58. The van der Waals surface area contributed by atoms with Gasteiger partial charge in [-0.15, -0.1) is 5.10 Å². The van der Waals surface area contributed by atoms with E-state index in [1.165, 1.54) is 19.3 Å². The molecule has 1 aromatic heterocycles. The number of hydrogen-bond donors (Lipinski definition) is 2. The van der Waals surface area contributed by atoms with Crippen LogP contribution in [-0.4, -0.2) is 67.4 Å². The number of carbonyl (C=O) groups excluding carboxylic acids is 1. The third kappa shape index (κ3) is 6.78. The Balaban J connectivity index is 1.99. The number of aliphatic carboxylic acids is 1. The van der Waals surface area contributed by atoms with Gasteiger partial charge in [-0.3, -0.25) is 9.59 Å². The number of carboxylic acids is 1. The molecule has 9 nitrogen and oxygen atoms in total. The summed E-state index contributed by atoms with van der Waals surface area (Å²) < 4.78 is 71.3. The molecule has 0 spiro atoms. The number of ether oxygens (including phenoxy) is 1. The zero-order valence-corrected chi connectivity index (χ0v) is 19.2. The summed E-state index contributed by atoms with van der Waals surface area (Å²) in [5, 5.41) is 28.5. The van der Waals surface area contributed by atoms with Crippen LogP contribution in [0, 0.1) is 11.6 Å². The van der Waals surface area contributed by atoms with Crippen LogP contribution in [0.2, 0.25) is 0 Å². The Labute approximate surface area is 206 Å². The molecule has 3 aromatic rings. The number of aliphatic hydroxyl groups is 1. The molecule has 0 aliphatic rings. The molecule has 2 aromatic carbocycles. The fourth-order valence-corrected chi connectivity index (χ4v) is 3.66. The van der Waals surface area contributed by atoms with E-state index in [-0.39, 0.29) is 11.3 Å². The van der Waals surface area contributed by atoms with Crippen LogP contribution < -0.4 is 4.74 Å². The van der Waals surface area contributed by atoms with Crippen molar-refractivity contribution in [2.45, 2.75) is 31.3 Å². The molecule has 198 valence electrons. The van der Waals surface area contributed by atoms with E-state index in [2.05, 4.69) is 15.0 Å². The zero-order valence-electron chi connectivity index (χ0n) is 19.2. The lowest BCUT2D eigenvalue weighted by Crippen LogP contribution is -2.55. The first kappa shape index (κ1) is 27.5. The van der Waals surface area contributed by atoms with Crippen molar-refractivity contribution >= 4 is 11.9 Å². The van der Waals surface area contributed by atoms with E-state index >= 15 is 0 Å². The van der Waals surface area contributed by atoms with Gasteiger partial charge in [0.1, 0.15) is 29.5 Å². The van der Waals surface area contributed by atoms with Gasteiger partial charge in [0.25, 0.3) is 5.91 Å². The monoisotopic (exact) mass is 528 g/mol. The summed E-state index contributed by atoms with van der Waals surface area (Å²) >= 11 is 0. The average molecular weight is 528 g/mol. The molecule has 0 saturated heterocycles. The van der Waals surface area contributed by atoms with E-state index in [9.17, 15) is 41.8 Å². The van der Waals surface area contributed by atoms with Gasteiger partial charge in [0.15, 0.2) is 6.61 Å². The minimum Gasteiger partial charge on any atom is -0.484 e. The summed E-state index contributed by atoms with van der Waals surface area (Å²) in [5.41, 5.74) is -2.90. The maximum Gasteiger partial charge on any atom is 0.422 e. The molecule has 37 heavy (non-hydrogen) atoms. The average Bonchev–Trinajstić information content (AvgIpc) is 3.32. The topological polar surface area (TPSA) is 118 Å². The van der Waals surface area contributed by atoms with Crippen molar-refractivity contribution in [3.8, 4) is 5.75 Å². The first-order valence-corrected chi connectivity index (χ1v) is 10.6. The third-order valence-electron chi connectivity index (χ3n) is 5.50. The van der Waals surface area contributed by atoms with Crippen LogP contribution in [0.25, 0.3) is 0 Å². The van der Waals surface area contributed by atoms with Crippen molar-refractivity contribution in [1.29, 1.82) is 0 Å². The predicted octanol–water partition coefficient (Wildman–Crippen LogP) is 3.00. The van der Waals surface area contributed by atoms with Crippen molar-refractivity contribution in [1.82, 2.24) is 19.9 Å². The maximum atomic E-state index is 14.8. The van der Waals surface area contributed by atoms with Gasteiger partial charge in [-0.05, 0) is 37.3 Å². The normalized spacial score (nSPS) is 14.0. The largest absolute Gasteiger partial charge is 0.484 e. The number of benzene rings is 2. The second kappa shape index (κ2) is 10.9. The Bertz CT molecular complexity index is 1240. The van der Waals surface area contributed by atoms with Gasteiger partial charge >= 0.3 is 12.1 Å². The molecule has 2 unspecified atom stereocenters. The molecule has 0 radical (unpaired) electrons. The summed E-state index contributed by atoms with van der Waals surface area (Å²) in [6.45, 7) is -1.72. The van der Waals surface area contributed by atoms with Crippen molar-refractivity contribution < 1.29 is 46.5 Å². The number of halogens is 5. The highest BCUT2D eigenvalue weighted by Crippen LogP contribution is 2.33. The van der Waals surface area contributed by atoms with Crippen LogP contribution in [0.15, 0.2) is 54.9 Å². The maximum absolute atomic E-state index is 14.8. The van der Waals surface area contributed by atoms with Gasteiger partial charge in [0.05, 0.1) is 18.8 Å². The first-order chi connectivity index (χ1) is 17.3. The lowest BCUT2D eigenvalue weighted by Gasteiger charge is -2.40. The van der Waals surface area contributed by atoms with E-state index in [1.54, 1.807) is 0 Å². The van der Waals surface area contributed by atoms with E-state index in [4.69, 9.17) is 0 Å².